The molecule has 6 heteroatoms. The molecule has 1 heterocycles. The van der Waals surface area contributed by atoms with Crippen LogP contribution in [-0.4, -0.2) is 26.6 Å². The van der Waals surface area contributed by atoms with Crippen molar-refractivity contribution < 1.29 is 13.2 Å². The Balaban J connectivity index is 1.42. The number of aromatic nitrogens is 1. The summed E-state index contributed by atoms with van der Waals surface area (Å²) < 4.78 is 35.1. The van der Waals surface area contributed by atoms with Crippen LogP contribution in [0.1, 0.15) is 17.5 Å². The maximum absolute atomic E-state index is 12.5. The molecule has 4 aromatic rings. The van der Waals surface area contributed by atoms with Crippen molar-refractivity contribution in [2.75, 3.05) is 13.7 Å². The van der Waals surface area contributed by atoms with Crippen LogP contribution in [0.5, 0.6) is 5.75 Å². The molecule has 0 amide bonds. The maximum Gasteiger partial charge on any atom is 0.240 e. The fourth-order valence-corrected chi connectivity index (χ4v) is 4.83. The van der Waals surface area contributed by atoms with E-state index in [1.54, 1.807) is 31.4 Å². The standard InChI is InChI=1S/C25H26N2O3S/c1-30-22-13-15-23(16-14-22)31(28,29)26-17-7-10-21-19-27(18-20-8-3-2-4-9-20)25-12-6-5-11-24(21)25/h2-6,8-9,11-16,19,26H,7,10,17-18H2,1H3. The van der Waals surface area contributed by atoms with Crippen LogP contribution in [0.4, 0.5) is 0 Å². The van der Waals surface area contributed by atoms with E-state index in [4.69, 9.17) is 4.74 Å². The van der Waals surface area contributed by atoms with E-state index in [0.29, 0.717) is 18.7 Å². The summed E-state index contributed by atoms with van der Waals surface area (Å²) in [5, 5.41) is 1.22. The highest BCUT2D eigenvalue weighted by molar-refractivity contribution is 7.89. The lowest BCUT2D eigenvalue weighted by Gasteiger charge is -2.07. The third-order valence-corrected chi connectivity index (χ3v) is 6.83. The Morgan fingerprint density at radius 3 is 2.35 bits per heavy atom. The molecule has 3 aromatic carbocycles. The van der Waals surface area contributed by atoms with Crippen LogP contribution in [0.15, 0.2) is 90.0 Å². The van der Waals surface area contributed by atoms with Gasteiger partial charge in [0.15, 0.2) is 0 Å². The molecule has 1 aromatic heterocycles. The predicted octanol–water partition coefficient (Wildman–Crippen LogP) is 4.61. The van der Waals surface area contributed by atoms with E-state index in [2.05, 4.69) is 58.0 Å². The highest BCUT2D eigenvalue weighted by atomic mass is 32.2. The Kier molecular flexibility index (Phi) is 6.39. The van der Waals surface area contributed by atoms with Crippen LogP contribution in [0.25, 0.3) is 10.9 Å². The molecule has 4 rings (SSSR count). The summed E-state index contributed by atoms with van der Waals surface area (Å²) >= 11 is 0. The van der Waals surface area contributed by atoms with E-state index in [9.17, 15) is 8.42 Å². The quantitative estimate of drug-likeness (QED) is 0.391. The van der Waals surface area contributed by atoms with Gasteiger partial charge in [0.25, 0.3) is 0 Å². The van der Waals surface area contributed by atoms with E-state index in [1.165, 1.54) is 22.0 Å². The monoisotopic (exact) mass is 434 g/mol. The van der Waals surface area contributed by atoms with Crippen LogP contribution >= 0.6 is 0 Å². The van der Waals surface area contributed by atoms with Crippen molar-refractivity contribution in [3.8, 4) is 5.75 Å². The number of fused-ring (bicyclic) bond motifs is 1. The highest BCUT2D eigenvalue weighted by Gasteiger charge is 2.14. The first-order valence-electron chi connectivity index (χ1n) is 10.3. The second-order valence-electron chi connectivity index (χ2n) is 7.46. The molecule has 5 nitrogen and oxygen atoms in total. The fourth-order valence-electron chi connectivity index (χ4n) is 3.76. The minimum Gasteiger partial charge on any atom is -0.497 e. The Labute approximate surface area is 183 Å². The predicted molar refractivity (Wildman–Crippen MR) is 124 cm³/mol. The summed E-state index contributed by atoms with van der Waals surface area (Å²) in [7, 11) is -1.97. The number of nitrogens with zero attached hydrogens (tertiary/aromatic N) is 1. The lowest BCUT2D eigenvalue weighted by atomic mass is 10.1. The van der Waals surface area contributed by atoms with Gasteiger partial charge in [0.05, 0.1) is 12.0 Å². The number of sulfonamides is 1. The molecule has 0 aliphatic carbocycles. The second kappa shape index (κ2) is 9.37. The molecule has 0 saturated heterocycles. The highest BCUT2D eigenvalue weighted by Crippen LogP contribution is 2.23. The first-order valence-corrected chi connectivity index (χ1v) is 11.8. The average molecular weight is 435 g/mol. The van der Waals surface area contributed by atoms with Gasteiger partial charge in [-0.05, 0) is 54.3 Å². The van der Waals surface area contributed by atoms with E-state index >= 15 is 0 Å². The van der Waals surface area contributed by atoms with E-state index in [-0.39, 0.29) is 4.90 Å². The Morgan fingerprint density at radius 1 is 0.903 bits per heavy atom. The Bertz CT molecular complexity index is 1250. The number of para-hydroxylation sites is 1. The summed E-state index contributed by atoms with van der Waals surface area (Å²) in [5.41, 5.74) is 3.68. The molecular formula is C25H26N2O3S. The van der Waals surface area contributed by atoms with Crippen molar-refractivity contribution in [2.24, 2.45) is 0 Å². The van der Waals surface area contributed by atoms with Gasteiger partial charge in [0, 0.05) is 30.2 Å². The van der Waals surface area contributed by atoms with E-state index in [1.807, 2.05) is 12.1 Å². The molecule has 160 valence electrons. The number of nitrogens with one attached hydrogen (secondary N) is 1. The fraction of sp³-hybridized carbons (Fsp3) is 0.200. The zero-order valence-electron chi connectivity index (χ0n) is 17.5. The van der Waals surface area contributed by atoms with Crippen LogP contribution in [0.3, 0.4) is 0 Å². The van der Waals surface area contributed by atoms with Gasteiger partial charge in [-0.2, -0.15) is 0 Å². The van der Waals surface area contributed by atoms with Crippen LogP contribution in [0, 0.1) is 0 Å². The van der Waals surface area contributed by atoms with Crippen molar-refractivity contribution in [2.45, 2.75) is 24.3 Å². The Morgan fingerprint density at radius 2 is 1.61 bits per heavy atom. The number of hydrogen-bond acceptors (Lipinski definition) is 3. The minimum absolute atomic E-state index is 0.243. The summed E-state index contributed by atoms with van der Waals surface area (Å²) in [5.74, 6) is 0.630. The zero-order valence-corrected chi connectivity index (χ0v) is 18.3. The summed E-state index contributed by atoms with van der Waals surface area (Å²) in [6.07, 6.45) is 3.71. The molecule has 0 atom stereocenters. The maximum atomic E-state index is 12.5. The third-order valence-electron chi connectivity index (χ3n) is 5.35. The molecule has 1 N–H and O–H groups in total. The molecule has 31 heavy (non-hydrogen) atoms. The van der Waals surface area contributed by atoms with Gasteiger partial charge in [-0.25, -0.2) is 13.1 Å². The molecule has 0 fully saturated rings. The van der Waals surface area contributed by atoms with Crippen molar-refractivity contribution in [3.63, 3.8) is 0 Å². The van der Waals surface area contributed by atoms with E-state index < -0.39 is 10.0 Å². The third kappa shape index (κ3) is 4.98. The number of rotatable bonds is 9. The average Bonchev–Trinajstić information content (AvgIpc) is 3.15. The lowest BCUT2D eigenvalue weighted by molar-refractivity contribution is 0.414. The molecule has 0 unspecified atom stereocenters. The summed E-state index contributed by atoms with van der Waals surface area (Å²) in [4.78, 5) is 0.243. The van der Waals surface area contributed by atoms with E-state index in [0.717, 1.165) is 13.0 Å². The van der Waals surface area contributed by atoms with Crippen molar-refractivity contribution in [3.05, 3.63) is 96.2 Å². The number of aryl methyl sites for hydroxylation is 1. The van der Waals surface area contributed by atoms with Gasteiger partial charge in [0.1, 0.15) is 5.75 Å². The van der Waals surface area contributed by atoms with Crippen LogP contribution < -0.4 is 9.46 Å². The molecular weight excluding hydrogens is 408 g/mol. The van der Waals surface area contributed by atoms with Gasteiger partial charge in [-0.15, -0.1) is 0 Å². The van der Waals surface area contributed by atoms with Gasteiger partial charge < -0.3 is 9.30 Å². The molecule has 0 aliphatic heterocycles. The number of ether oxygens (including phenoxy) is 1. The summed E-state index contributed by atoms with van der Waals surface area (Å²) in [6.45, 7) is 1.19. The smallest absolute Gasteiger partial charge is 0.240 e. The molecule has 0 radical (unpaired) electrons. The molecule has 0 saturated carbocycles. The van der Waals surface area contributed by atoms with Gasteiger partial charge >= 0.3 is 0 Å². The van der Waals surface area contributed by atoms with Crippen molar-refractivity contribution in [1.82, 2.24) is 9.29 Å². The lowest BCUT2D eigenvalue weighted by Crippen LogP contribution is -2.25. The largest absolute Gasteiger partial charge is 0.497 e. The number of benzene rings is 3. The molecule has 0 aliphatic rings. The van der Waals surface area contributed by atoms with Gasteiger partial charge in [-0.3, -0.25) is 0 Å². The normalized spacial score (nSPS) is 11.6. The second-order valence-corrected chi connectivity index (χ2v) is 9.23. The topological polar surface area (TPSA) is 60.3 Å². The Hall–Kier alpha value is -3.09. The van der Waals surface area contributed by atoms with Gasteiger partial charge in [0.2, 0.25) is 10.0 Å². The molecule has 0 bridgehead atoms. The van der Waals surface area contributed by atoms with Crippen LogP contribution in [0.2, 0.25) is 0 Å². The van der Waals surface area contributed by atoms with Crippen molar-refractivity contribution in [1.29, 1.82) is 0 Å². The summed E-state index contributed by atoms with van der Waals surface area (Å²) in [6, 6.07) is 25.2. The first kappa shape index (κ1) is 21.2. The van der Waals surface area contributed by atoms with Gasteiger partial charge in [-0.1, -0.05) is 48.5 Å². The number of methoxy groups -OCH3 is 1. The first-order chi connectivity index (χ1) is 15.1. The minimum atomic E-state index is -3.53. The van der Waals surface area contributed by atoms with Crippen LogP contribution in [-0.2, 0) is 23.0 Å². The SMILES string of the molecule is COc1ccc(S(=O)(=O)NCCCc2cn(Cc3ccccc3)c3ccccc23)cc1. The van der Waals surface area contributed by atoms with Crippen molar-refractivity contribution >= 4 is 20.9 Å². The zero-order chi connectivity index (χ0) is 21.7. The number of hydrogen-bond donors (Lipinski definition) is 1. The molecule has 0 spiro atoms.